The average molecular weight is 252 g/mol. The highest BCUT2D eigenvalue weighted by atomic mass is 16.3. The maximum atomic E-state index is 11.5. The lowest BCUT2D eigenvalue weighted by Gasteiger charge is -2.20. The Morgan fingerprint density at radius 2 is 2.11 bits per heavy atom. The van der Waals surface area contributed by atoms with Gasteiger partial charge in [0.25, 0.3) is 0 Å². The summed E-state index contributed by atoms with van der Waals surface area (Å²) in [6.07, 6.45) is 0.857. The molecule has 1 rings (SSSR count). The summed E-state index contributed by atoms with van der Waals surface area (Å²) in [7, 11) is 0. The first-order chi connectivity index (χ1) is 8.44. The summed E-state index contributed by atoms with van der Waals surface area (Å²) in [4.78, 5) is 11.5. The van der Waals surface area contributed by atoms with Crippen LogP contribution in [0.5, 0.6) is 0 Å². The summed E-state index contributed by atoms with van der Waals surface area (Å²) in [6.45, 7) is 1.11. The minimum Gasteiger partial charge on any atom is -0.399 e. The summed E-state index contributed by atoms with van der Waals surface area (Å²) >= 11 is 0. The van der Waals surface area contributed by atoms with Gasteiger partial charge in [-0.05, 0) is 25.0 Å². The van der Waals surface area contributed by atoms with Crippen molar-refractivity contribution in [2.75, 3.05) is 18.9 Å². The van der Waals surface area contributed by atoms with Crippen molar-refractivity contribution in [3.63, 3.8) is 0 Å². The molecule has 1 aromatic rings. The standard InChI is InChI=1S/C13H20N2O3/c1-13(18,9-16)8-15-12(17)7-6-10-4-2-3-5-11(10)14/h2-5,16,18H,6-9,14H2,1H3,(H,15,17). The van der Waals surface area contributed by atoms with Crippen molar-refractivity contribution in [2.24, 2.45) is 0 Å². The third-order valence-corrected chi connectivity index (χ3v) is 2.68. The van der Waals surface area contributed by atoms with Crippen LogP contribution in [0.15, 0.2) is 24.3 Å². The summed E-state index contributed by atoms with van der Waals surface area (Å²) in [6, 6.07) is 7.40. The Morgan fingerprint density at radius 3 is 2.72 bits per heavy atom. The number of nitrogens with two attached hydrogens (primary N) is 1. The predicted molar refractivity (Wildman–Crippen MR) is 69.9 cm³/mol. The second kappa shape index (κ2) is 6.37. The van der Waals surface area contributed by atoms with E-state index >= 15 is 0 Å². The van der Waals surface area contributed by atoms with E-state index < -0.39 is 5.60 Å². The van der Waals surface area contributed by atoms with Gasteiger partial charge in [-0.2, -0.15) is 0 Å². The van der Waals surface area contributed by atoms with Gasteiger partial charge in [0.05, 0.1) is 6.61 Å². The predicted octanol–water partition coefficient (Wildman–Crippen LogP) is 0.0609. The van der Waals surface area contributed by atoms with Gasteiger partial charge in [-0.1, -0.05) is 18.2 Å². The molecule has 1 amide bonds. The number of benzene rings is 1. The van der Waals surface area contributed by atoms with Crippen molar-refractivity contribution in [1.29, 1.82) is 0 Å². The smallest absolute Gasteiger partial charge is 0.220 e. The second-order valence-electron chi connectivity index (χ2n) is 4.63. The van der Waals surface area contributed by atoms with Gasteiger partial charge in [0.2, 0.25) is 5.91 Å². The number of nitrogens with one attached hydrogen (secondary N) is 1. The highest BCUT2D eigenvalue weighted by Crippen LogP contribution is 2.12. The van der Waals surface area contributed by atoms with Gasteiger partial charge in [0.1, 0.15) is 5.60 Å². The number of amides is 1. The first kappa shape index (κ1) is 14.5. The summed E-state index contributed by atoms with van der Waals surface area (Å²) < 4.78 is 0. The lowest BCUT2D eigenvalue weighted by molar-refractivity contribution is -0.122. The monoisotopic (exact) mass is 252 g/mol. The third kappa shape index (κ3) is 4.73. The lowest BCUT2D eigenvalue weighted by Crippen LogP contribution is -2.43. The number of carbonyl (C=O) groups excluding carboxylic acids is 1. The van der Waals surface area contributed by atoms with E-state index in [9.17, 15) is 9.90 Å². The number of hydrogen-bond acceptors (Lipinski definition) is 4. The maximum Gasteiger partial charge on any atom is 0.220 e. The Bertz CT molecular complexity index is 405. The minimum atomic E-state index is -1.28. The average Bonchev–Trinajstić information content (AvgIpc) is 2.35. The molecule has 1 aromatic carbocycles. The number of hydrogen-bond donors (Lipinski definition) is 4. The zero-order chi connectivity index (χ0) is 13.6. The number of nitrogen functional groups attached to an aromatic ring is 1. The van der Waals surface area contributed by atoms with Crippen LogP contribution in [-0.4, -0.2) is 34.9 Å². The van der Waals surface area contributed by atoms with Crippen molar-refractivity contribution >= 4 is 11.6 Å². The van der Waals surface area contributed by atoms with Gasteiger partial charge in [0, 0.05) is 18.7 Å². The Balaban J connectivity index is 2.36. The van der Waals surface area contributed by atoms with Gasteiger partial charge in [0.15, 0.2) is 0 Å². The number of aliphatic hydroxyl groups excluding tert-OH is 1. The van der Waals surface area contributed by atoms with E-state index in [1.807, 2.05) is 18.2 Å². The van der Waals surface area contributed by atoms with Crippen LogP contribution in [0.3, 0.4) is 0 Å². The fourth-order valence-electron chi connectivity index (χ4n) is 1.44. The molecule has 5 heteroatoms. The molecule has 0 spiro atoms. The van der Waals surface area contributed by atoms with E-state index in [4.69, 9.17) is 10.8 Å². The topological polar surface area (TPSA) is 95.6 Å². The van der Waals surface area contributed by atoms with E-state index in [0.717, 1.165) is 5.56 Å². The zero-order valence-corrected chi connectivity index (χ0v) is 10.5. The van der Waals surface area contributed by atoms with Gasteiger partial charge in [-0.15, -0.1) is 0 Å². The minimum absolute atomic E-state index is 0.0343. The van der Waals surface area contributed by atoms with Crippen LogP contribution in [0.1, 0.15) is 18.9 Å². The number of anilines is 1. The summed E-state index contributed by atoms with van der Waals surface area (Å²) in [5.41, 5.74) is 6.10. The fourth-order valence-corrected chi connectivity index (χ4v) is 1.44. The lowest BCUT2D eigenvalue weighted by atomic mass is 10.1. The van der Waals surface area contributed by atoms with Gasteiger partial charge >= 0.3 is 0 Å². The van der Waals surface area contributed by atoms with Crippen molar-refractivity contribution in [3.8, 4) is 0 Å². The van der Waals surface area contributed by atoms with Crippen LogP contribution in [0, 0.1) is 0 Å². The second-order valence-corrected chi connectivity index (χ2v) is 4.63. The van der Waals surface area contributed by atoms with Crippen LogP contribution >= 0.6 is 0 Å². The molecule has 0 aliphatic carbocycles. The number of aryl methyl sites for hydroxylation is 1. The molecule has 1 unspecified atom stereocenters. The van der Waals surface area contributed by atoms with Gasteiger partial charge < -0.3 is 21.3 Å². The molecule has 0 aliphatic rings. The molecule has 5 N–H and O–H groups in total. The highest BCUT2D eigenvalue weighted by molar-refractivity contribution is 5.76. The molecule has 0 radical (unpaired) electrons. The number of rotatable bonds is 6. The molecule has 0 bridgehead atoms. The molecule has 18 heavy (non-hydrogen) atoms. The SMILES string of the molecule is CC(O)(CO)CNC(=O)CCc1ccccc1N. The van der Waals surface area contributed by atoms with E-state index in [1.54, 1.807) is 6.07 Å². The molecular formula is C13H20N2O3. The Labute approximate surface area is 107 Å². The molecule has 0 fully saturated rings. The third-order valence-electron chi connectivity index (χ3n) is 2.68. The molecule has 0 saturated heterocycles. The van der Waals surface area contributed by atoms with Gasteiger partial charge in [-0.25, -0.2) is 0 Å². The van der Waals surface area contributed by atoms with Crippen LogP contribution < -0.4 is 11.1 Å². The first-order valence-electron chi connectivity index (χ1n) is 5.88. The molecule has 5 nitrogen and oxygen atoms in total. The first-order valence-corrected chi connectivity index (χ1v) is 5.88. The summed E-state index contributed by atoms with van der Waals surface area (Å²) in [5, 5.41) is 20.9. The molecule has 0 aromatic heterocycles. The molecule has 0 aliphatic heterocycles. The molecule has 0 saturated carbocycles. The van der Waals surface area contributed by atoms with Crippen LogP contribution in [-0.2, 0) is 11.2 Å². The van der Waals surface area contributed by atoms with Crippen molar-refractivity contribution < 1.29 is 15.0 Å². The van der Waals surface area contributed by atoms with Crippen LogP contribution in [0.2, 0.25) is 0 Å². The van der Waals surface area contributed by atoms with Crippen LogP contribution in [0.4, 0.5) is 5.69 Å². The Hall–Kier alpha value is -1.59. The largest absolute Gasteiger partial charge is 0.399 e. The van der Waals surface area contributed by atoms with E-state index in [2.05, 4.69) is 5.32 Å². The van der Waals surface area contributed by atoms with Crippen molar-refractivity contribution in [3.05, 3.63) is 29.8 Å². The molecule has 100 valence electrons. The van der Waals surface area contributed by atoms with Gasteiger partial charge in [-0.3, -0.25) is 4.79 Å². The quantitative estimate of drug-likeness (QED) is 0.538. The fraction of sp³-hybridized carbons (Fsp3) is 0.462. The summed E-state index contributed by atoms with van der Waals surface area (Å²) in [5.74, 6) is -0.174. The molecule has 1 atom stereocenters. The van der Waals surface area contributed by atoms with E-state index in [0.29, 0.717) is 18.5 Å². The van der Waals surface area contributed by atoms with Crippen molar-refractivity contribution in [1.82, 2.24) is 5.32 Å². The zero-order valence-electron chi connectivity index (χ0n) is 10.5. The van der Waals surface area contributed by atoms with E-state index in [1.165, 1.54) is 6.92 Å². The van der Waals surface area contributed by atoms with E-state index in [-0.39, 0.29) is 19.1 Å². The number of carbonyl (C=O) groups is 1. The Kier molecular flexibility index (Phi) is 5.12. The molecular weight excluding hydrogens is 232 g/mol. The molecule has 0 heterocycles. The number of para-hydroxylation sites is 1. The highest BCUT2D eigenvalue weighted by Gasteiger charge is 2.19. The van der Waals surface area contributed by atoms with Crippen LogP contribution in [0.25, 0.3) is 0 Å². The Morgan fingerprint density at radius 1 is 1.44 bits per heavy atom. The number of aliphatic hydroxyl groups is 2. The van der Waals surface area contributed by atoms with Crippen molar-refractivity contribution in [2.45, 2.75) is 25.4 Å². The maximum absolute atomic E-state index is 11.5. The normalized spacial score (nSPS) is 13.9.